The lowest BCUT2D eigenvalue weighted by Crippen LogP contribution is -2.43. The predicted octanol–water partition coefficient (Wildman–Crippen LogP) is 1.89. The molecule has 1 saturated carbocycles. The standard InChI is InChI=1S/C14H22N2O4S/c1-5-20-14(17)12-9(3)13(10(4)15-12)21(18,19)16-11-6-8(2)7-11/h8,11,15-16H,5-7H2,1-4H3. The van der Waals surface area contributed by atoms with E-state index in [-0.39, 0.29) is 23.2 Å². The highest BCUT2D eigenvalue weighted by Gasteiger charge is 2.33. The van der Waals surface area contributed by atoms with Crippen molar-refractivity contribution >= 4 is 16.0 Å². The van der Waals surface area contributed by atoms with Crippen molar-refractivity contribution in [3.05, 3.63) is 17.0 Å². The van der Waals surface area contributed by atoms with E-state index in [1.807, 2.05) is 0 Å². The molecular formula is C14H22N2O4S. The molecule has 2 rings (SSSR count). The highest BCUT2D eigenvalue weighted by atomic mass is 32.2. The Labute approximate surface area is 125 Å². The molecule has 0 atom stereocenters. The molecule has 118 valence electrons. The van der Waals surface area contributed by atoms with Gasteiger partial charge in [-0.15, -0.1) is 0 Å². The molecule has 1 aliphatic rings. The van der Waals surface area contributed by atoms with Crippen molar-refractivity contribution in [1.29, 1.82) is 0 Å². The van der Waals surface area contributed by atoms with Crippen molar-refractivity contribution < 1.29 is 17.9 Å². The number of esters is 1. The van der Waals surface area contributed by atoms with Gasteiger partial charge in [0.1, 0.15) is 10.6 Å². The van der Waals surface area contributed by atoms with Gasteiger partial charge in [0.05, 0.1) is 6.61 Å². The second-order valence-electron chi connectivity index (χ2n) is 5.69. The first-order valence-electron chi connectivity index (χ1n) is 7.14. The molecule has 0 spiro atoms. The minimum absolute atomic E-state index is 0.00950. The summed E-state index contributed by atoms with van der Waals surface area (Å²) < 4.78 is 32.6. The van der Waals surface area contributed by atoms with Gasteiger partial charge in [-0.3, -0.25) is 0 Å². The molecule has 0 bridgehead atoms. The van der Waals surface area contributed by atoms with Gasteiger partial charge in [0.2, 0.25) is 10.0 Å². The number of carbonyl (C=O) groups is 1. The third-order valence-electron chi connectivity index (χ3n) is 3.81. The molecule has 0 amide bonds. The summed E-state index contributed by atoms with van der Waals surface area (Å²) in [5.74, 6) is 0.0260. The van der Waals surface area contributed by atoms with Crippen LogP contribution in [0.4, 0.5) is 0 Å². The Bertz CT molecular complexity index is 642. The Hall–Kier alpha value is -1.34. The van der Waals surface area contributed by atoms with Gasteiger partial charge < -0.3 is 9.72 Å². The maximum atomic E-state index is 12.5. The monoisotopic (exact) mass is 314 g/mol. The lowest BCUT2D eigenvalue weighted by molar-refractivity contribution is 0.0519. The van der Waals surface area contributed by atoms with Crippen LogP contribution >= 0.6 is 0 Å². The Morgan fingerprint density at radius 2 is 2.00 bits per heavy atom. The fourth-order valence-corrected chi connectivity index (χ4v) is 4.53. The fourth-order valence-electron chi connectivity index (χ4n) is 2.82. The van der Waals surface area contributed by atoms with Crippen molar-refractivity contribution in [3.8, 4) is 0 Å². The zero-order valence-corrected chi connectivity index (χ0v) is 13.6. The van der Waals surface area contributed by atoms with E-state index in [0.29, 0.717) is 17.2 Å². The van der Waals surface area contributed by atoms with Crippen molar-refractivity contribution in [2.24, 2.45) is 5.92 Å². The minimum Gasteiger partial charge on any atom is -0.461 e. The summed E-state index contributed by atoms with van der Waals surface area (Å²) in [5.41, 5.74) is 1.07. The van der Waals surface area contributed by atoms with E-state index >= 15 is 0 Å². The molecule has 0 saturated heterocycles. The summed E-state index contributed by atoms with van der Waals surface area (Å²) in [6.45, 7) is 7.31. The molecule has 7 heteroatoms. The average molecular weight is 314 g/mol. The molecule has 0 aromatic carbocycles. The molecule has 2 N–H and O–H groups in total. The van der Waals surface area contributed by atoms with Gasteiger partial charge in [0, 0.05) is 17.3 Å². The predicted molar refractivity (Wildman–Crippen MR) is 78.7 cm³/mol. The van der Waals surface area contributed by atoms with Gasteiger partial charge in [0.25, 0.3) is 0 Å². The van der Waals surface area contributed by atoms with E-state index in [4.69, 9.17) is 4.74 Å². The van der Waals surface area contributed by atoms with E-state index in [2.05, 4.69) is 16.6 Å². The second-order valence-corrected chi connectivity index (χ2v) is 7.35. The van der Waals surface area contributed by atoms with E-state index in [1.54, 1.807) is 20.8 Å². The molecule has 1 heterocycles. The molecule has 21 heavy (non-hydrogen) atoms. The number of aryl methyl sites for hydroxylation is 1. The van der Waals surface area contributed by atoms with Crippen molar-refractivity contribution in [3.63, 3.8) is 0 Å². The van der Waals surface area contributed by atoms with E-state index in [0.717, 1.165) is 12.8 Å². The summed E-state index contributed by atoms with van der Waals surface area (Å²) >= 11 is 0. The van der Waals surface area contributed by atoms with Crippen molar-refractivity contribution in [1.82, 2.24) is 9.71 Å². The van der Waals surface area contributed by atoms with Gasteiger partial charge in [-0.25, -0.2) is 17.9 Å². The number of hydrogen-bond acceptors (Lipinski definition) is 4. The maximum absolute atomic E-state index is 12.5. The summed E-state index contributed by atoms with van der Waals surface area (Å²) in [5, 5.41) is 0. The van der Waals surface area contributed by atoms with Crippen LogP contribution in [0.1, 0.15) is 48.4 Å². The molecular weight excluding hydrogens is 292 g/mol. The summed E-state index contributed by atoms with van der Waals surface area (Å²) in [7, 11) is -3.62. The average Bonchev–Trinajstić information content (AvgIpc) is 2.63. The Morgan fingerprint density at radius 3 is 2.52 bits per heavy atom. The SMILES string of the molecule is CCOC(=O)c1[nH]c(C)c(S(=O)(=O)NC2CC(C)C2)c1C. The summed E-state index contributed by atoms with van der Waals surface area (Å²) in [6.07, 6.45) is 1.71. The van der Waals surface area contributed by atoms with Crippen LogP contribution < -0.4 is 4.72 Å². The topological polar surface area (TPSA) is 88.3 Å². The zero-order chi connectivity index (χ0) is 15.8. The normalized spacial score (nSPS) is 21.9. The minimum atomic E-state index is -3.62. The number of rotatable bonds is 5. The van der Waals surface area contributed by atoms with Gasteiger partial charge in [0.15, 0.2) is 0 Å². The smallest absolute Gasteiger partial charge is 0.355 e. The molecule has 0 radical (unpaired) electrons. The number of sulfonamides is 1. The first-order chi connectivity index (χ1) is 9.76. The molecule has 6 nitrogen and oxygen atoms in total. The first kappa shape index (κ1) is 16.0. The molecule has 0 unspecified atom stereocenters. The van der Waals surface area contributed by atoms with Crippen LogP contribution in [0.2, 0.25) is 0 Å². The van der Waals surface area contributed by atoms with Gasteiger partial charge in [-0.1, -0.05) is 6.92 Å². The lowest BCUT2D eigenvalue weighted by atomic mass is 9.83. The number of nitrogens with one attached hydrogen (secondary N) is 2. The number of aromatic amines is 1. The quantitative estimate of drug-likeness (QED) is 0.812. The number of aromatic nitrogens is 1. The number of H-pyrrole nitrogens is 1. The molecule has 1 aromatic rings. The van der Waals surface area contributed by atoms with Crippen LogP contribution in [0.3, 0.4) is 0 Å². The van der Waals surface area contributed by atoms with Crippen LogP contribution in [-0.4, -0.2) is 32.0 Å². The Balaban J connectivity index is 2.29. The maximum Gasteiger partial charge on any atom is 0.355 e. The zero-order valence-electron chi connectivity index (χ0n) is 12.8. The fraction of sp³-hybridized carbons (Fsp3) is 0.643. The van der Waals surface area contributed by atoms with Crippen LogP contribution in [0.25, 0.3) is 0 Å². The van der Waals surface area contributed by atoms with E-state index < -0.39 is 16.0 Å². The van der Waals surface area contributed by atoms with Gasteiger partial charge in [-0.05, 0) is 39.5 Å². The highest BCUT2D eigenvalue weighted by molar-refractivity contribution is 7.89. The second kappa shape index (κ2) is 5.81. The van der Waals surface area contributed by atoms with E-state index in [9.17, 15) is 13.2 Å². The van der Waals surface area contributed by atoms with Crippen LogP contribution in [0, 0.1) is 19.8 Å². The third kappa shape index (κ3) is 3.13. The first-order valence-corrected chi connectivity index (χ1v) is 8.63. The molecule has 0 aliphatic heterocycles. The number of ether oxygens (including phenoxy) is 1. The summed E-state index contributed by atoms with van der Waals surface area (Å²) in [6, 6.07) is -0.00950. The number of carbonyl (C=O) groups excluding carboxylic acids is 1. The van der Waals surface area contributed by atoms with Gasteiger partial charge >= 0.3 is 5.97 Å². The Kier molecular flexibility index (Phi) is 4.43. The molecule has 1 fully saturated rings. The van der Waals surface area contributed by atoms with Crippen LogP contribution in [-0.2, 0) is 14.8 Å². The largest absolute Gasteiger partial charge is 0.461 e. The van der Waals surface area contributed by atoms with Crippen molar-refractivity contribution in [2.75, 3.05) is 6.61 Å². The van der Waals surface area contributed by atoms with Gasteiger partial charge in [-0.2, -0.15) is 0 Å². The van der Waals surface area contributed by atoms with Crippen molar-refractivity contribution in [2.45, 2.75) is 51.5 Å². The highest BCUT2D eigenvalue weighted by Crippen LogP contribution is 2.30. The summed E-state index contributed by atoms with van der Waals surface area (Å²) in [4.78, 5) is 14.8. The molecule has 1 aromatic heterocycles. The number of hydrogen-bond donors (Lipinski definition) is 2. The lowest BCUT2D eigenvalue weighted by Gasteiger charge is -2.32. The molecule has 1 aliphatic carbocycles. The van der Waals surface area contributed by atoms with Crippen LogP contribution in [0.5, 0.6) is 0 Å². The van der Waals surface area contributed by atoms with E-state index in [1.165, 1.54) is 0 Å². The van der Waals surface area contributed by atoms with Crippen LogP contribution in [0.15, 0.2) is 4.90 Å². The third-order valence-corrected chi connectivity index (χ3v) is 5.61. The Morgan fingerprint density at radius 1 is 1.38 bits per heavy atom.